The predicted octanol–water partition coefficient (Wildman–Crippen LogP) is 6.97. The number of aromatic carboxylic acids is 1. The lowest BCUT2D eigenvalue weighted by Crippen LogP contribution is -2.35. The van der Waals surface area contributed by atoms with Crippen LogP contribution < -0.4 is 49.4 Å². The van der Waals surface area contributed by atoms with E-state index in [0.717, 1.165) is 31.0 Å². The summed E-state index contributed by atoms with van der Waals surface area (Å²) >= 11 is 12.1. The molecular weight excluding hydrogens is 1450 g/mol. The quantitative estimate of drug-likeness (QED) is 0.00866. The third-order valence-electron chi connectivity index (χ3n) is 11.2. The SMILES string of the molecule is CCOC(=O)/C(Cl)=C/c1cc(N2C(=O)C3=C(CCCC3)C2=O)ccc1Cl.COc1nc(C)nc(NC(=O)NS(=O)(=O)c2ccccc2CCC(F)(F)F)n1.C[S+](C)C.O=C(Nc1nc(OC(F)F)cc(OC(F)F)n1)NS(=O)(=O)c1ccccc1C(=O)O.O=C(O)CNCP(=O)([O-])O. The largest absolute Gasteiger partial charge is 0.778 e. The zero-order valence-corrected chi connectivity index (χ0v) is 56.4. The Hall–Kier alpha value is -8.83. The van der Waals surface area contributed by atoms with E-state index in [-0.39, 0.29) is 46.8 Å². The minimum Gasteiger partial charge on any atom is -0.778 e. The van der Waals surface area contributed by atoms with Crippen LogP contribution in [-0.2, 0) is 65.8 Å². The molecule has 7 rings (SSSR count). The van der Waals surface area contributed by atoms with Crippen LogP contribution in [0.3, 0.4) is 0 Å². The summed E-state index contributed by atoms with van der Waals surface area (Å²) in [6, 6.07) is 11.8. The standard InChI is InChI=1S/C19H17Cl2NO4.C15H16F3N5O4S.C14H10F4N4O7S.C3H8NO5P.C3H9S/c1-2-26-19(25)16(21)10-11-9-12(7-8-15(11)20)22-17(23)13-5-3-4-6-14(13)18(22)24;1-9-19-12(22-14(20-9)27-2)21-13(24)23-28(25,26)11-6-4-3-5-10(11)7-8-15(16,17)18;15-11(16)28-8-5-9(29-12(17)18)20-13(19-8)21-14(25)22-30(26,27)7-4-2-1-3-6(7)10(23)24;5-3(6)1-4-2-10(7,8)9;1-4(2)3/h7-10H,2-6H2,1H3;3-6H,7-8H2,1-2H3,(H2,19,20,21,22,23,24);1-5,11-12H,(H,23,24)(H2,19,20,21,22,25);4H,1-2H2,(H,5,6)(H2,7,8,9);1-3H3/q;;;;+1/p-1/b16-10-;;;;. The molecule has 1 aliphatic heterocycles. The molecule has 31 nitrogen and oxygen atoms in total. The molecule has 1 aliphatic carbocycles. The predicted molar refractivity (Wildman–Crippen MR) is 335 cm³/mol. The van der Waals surface area contributed by atoms with E-state index in [1.165, 1.54) is 60.1 Å². The van der Waals surface area contributed by atoms with Crippen LogP contribution in [0.4, 0.5) is 57.9 Å². The summed E-state index contributed by atoms with van der Waals surface area (Å²) in [7, 11) is -11.6. The molecule has 6 amide bonds. The van der Waals surface area contributed by atoms with Gasteiger partial charge in [0.2, 0.25) is 23.7 Å². The number of urea groups is 2. The molecule has 536 valence electrons. The number of hydrogen-bond acceptors (Lipinski definition) is 23. The highest BCUT2D eigenvalue weighted by molar-refractivity contribution is 7.94. The fourth-order valence-electron chi connectivity index (χ4n) is 7.56. The van der Waals surface area contributed by atoms with Crippen molar-refractivity contribution in [2.24, 2.45) is 0 Å². The maximum absolute atomic E-state index is 12.7. The Morgan fingerprint density at radius 3 is 1.77 bits per heavy atom. The number of aliphatic carboxylic acids is 1. The van der Waals surface area contributed by atoms with Gasteiger partial charge in [-0.1, -0.05) is 53.5 Å². The fourth-order valence-corrected chi connectivity index (χ4v) is 10.6. The van der Waals surface area contributed by atoms with E-state index in [2.05, 4.69) is 58.5 Å². The first-order valence-electron chi connectivity index (χ1n) is 27.2. The minimum absolute atomic E-state index is 0.0715. The zero-order chi connectivity index (χ0) is 74.0. The fraction of sp³-hybridized carbons (Fsp3) is 0.333. The van der Waals surface area contributed by atoms with Gasteiger partial charge in [0.05, 0.1) is 67.5 Å². The van der Waals surface area contributed by atoms with Gasteiger partial charge in [0, 0.05) is 22.6 Å². The van der Waals surface area contributed by atoms with Crippen molar-refractivity contribution in [2.45, 2.75) is 81.6 Å². The van der Waals surface area contributed by atoms with Crippen molar-refractivity contribution in [3.63, 3.8) is 0 Å². The molecule has 0 radical (unpaired) electrons. The second-order valence-corrected chi connectivity index (χ2v) is 27.5. The molecule has 3 heterocycles. The van der Waals surface area contributed by atoms with Crippen LogP contribution in [-0.4, -0.2) is 163 Å². The van der Waals surface area contributed by atoms with Crippen molar-refractivity contribution in [1.29, 1.82) is 0 Å². The molecule has 8 N–H and O–H groups in total. The lowest BCUT2D eigenvalue weighted by atomic mass is 9.93. The molecule has 1 atom stereocenters. The molecule has 44 heteroatoms. The third kappa shape index (κ3) is 29.1. The Balaban J connectivity index is 0.000000348. The number of hydrogen-bond donors (Lipinski definition) is 8. The molecular formula is C54H59Cl2F7N11O20PS3. The lowest BCUT2D eigenvalue weighted by molar-refractivity contribution is -0.193. The Morgan fingerprint density at radius 2 is 1.29 bits per heavy atom. The van der Waals surface area contributed by atoms with Crippen LogP contribution in [0.15, 0.2) is 98.8 Å². The topological polar surface area (TPSA) is 453 Å². The van der Waals surface area contributed by atoms with E-state index in [1.807, 2.05) is 5.32 Å². The van der Waals surface area contributed by atoms with E-state index in [4.69, 9.17) is 47.8 Å². The van der Waals surface area contributed by atoms with Crippen molar-refractivity contribution in [3.05, 3.63) is 117 Å². The zero-order valence-electron chi connectivity index (χ0n) is 51.6. The summed E-state index contributed by atoms with van der Waals surface area (Å²) in [5.74, 6) is -6.90. The Labute approximate surface area is 565 Å². The van der Waals surface area contributed by atoms with Crippen molar-refractivity contribution >= 4 is 127 Å². The van der Waals surface area contributed by atoms with E-state index in [1.54, 1.807) is 35.2 Å². The molecule has 2 aliphatic rings. The highest BCUT2D eigenvalue weighted by Crippen LogP contribution is 2.37. The van der Waals surface area contributed by atoms with Crippen LogP contribution >= 0.6 is 30.8 Å². The summed E-state index contributed by atoms with van der Waals surface area (Å²) in [4.78, 5) is 118. The van der Waals surface area contributed by atoms with Crippen molar-refractivity contribution < 1.29 is 125 Å². The first-order chi connectivity index (χ1) is 45.6. The van der Waals surface area contributed by atoms with Crippen molar-refractivity contribution in [2.75, 3.05) is 60.8 Å². The van der Waals surface area contributed by atoms with Crippen LogP contribution in [0.5, 0.6) is 17.8 Å². The number of nitrogens with zero attached hydrogens (tertiary/aromatic N) is 6. The van der Waals surface area contributed by atoms with Crippen molar-refractivity contribution in [1.82, 2.24) is 39.7 Å². The van der Waals surface area contributed by atoms with Gasteiger partial charge in [0.15, 0.2) is 0 Å². The summed E-state index contributed by atoms with van der Waals surface area (Å²) in [6.45, 7) is -3.92. The molecule has 1 unspecified atom stereocenters. The second-order valence-electron chi connectivity index (χ2n) is 19.3. The number of amides is 6. The number of anilines is 3. The number of aromatic nitrogens is 5. The summed E-state index contributed by atoms with van der Waals surface area (Å²) in [6.07, 6.45) is 4.13. The molecule has 5 aromatic rings. The lowest BCUT2D eigenvalue weighted by Gasteiger charge is -2.16. The third-order valence-corrected chi connectivity index (χ3v) is 15.3. The maximum Gasteiger partial charge on any atom is 0.389 e. The Morgan fingerprint density at radius 1 is 0.786 bits per heavy atom. The molecule has 0 spiro atoms. The number of carboxylic acid groups (broad SMARTS) is 2. The molecule has 0 saturated heterocycles. The van der Waals surface area contributed by atoms with E-state index >= 15 is 0 Å². The summed E-state index contributed by atoms with van der Waals surface area (Å²) in [5, 5.41) is 23.0. The molecule has 0 bridgehead atoms. The highest BCUT2D eigenvalue weighted by atomic mass is 35.5. The van der Waals surface area contributed by atoms with Gasteiger partial charge in [0.25, 0.3) is 31.9 Å². The monoisotopic (exact) mass is 1510 g/mol. The van der Waals surface area contributed by atoms with E-state index < -0.39 is 136 Å². The summed E-state index contributed by atoms with van der Waals surface area (Å²) < 4.78 is 167. The van der Waals surface area contributed by atoms with Crippen molar-refractivity contribution in [3.8, 4) is 17.8 Å². The number of halogens is 9. The first kappa shape index (κ1) is 83.4. The molecule has 98 heavy (non-hydrogen) atoms. The molecule has 2 aromatic heterocycles. The number of ether oxygens (including phenoxy) is 4. The van der Waals surface area contributed by atoms with Gasteiger partial charge in [-0.2, -0.15) is 55.7 Å². The summed E-state index contributed by atoms with van der Waals surface area (Å²) in [5.41, 5.74) is 1.33. The number of carbonyl (C=O) groups excluding carboxylic acids is 5. The van der Waals surface area contributed by atoms with Gasteiger partial charge in [0.1, 0.15) is 23.3 Å². The number of rotatable bonds is 22. The van der Waals surface area contributed by atoms with Crippen LogP contribution in [0, 0.1) is 6.92 Å². The number of benzene rings is 3. The molecule has 0 fully saturated rings. The van der Waals surface area contributed by atoms with Gasteiger partial charge in [-0.15, -0.1) is 0 Å². The van der Waals surface area contributed by atoms with Gasteiger partial charge < -0.3 is 43.5 Å². The van der Waals surface area contributed by atoms with Crippen LogP contribution in [0.2, 0.25) is 5.02 Å². The maximum atomic E-state index is 12.7. The van der Waals surface area contributed by atoms with E-state index in [0.29, 0.717) is 57.2 Å². The normalized spacial score (nSPS) is 13.5. The Bertz CT molecular complexity index is 3990. The second kappa shape index (κ2) is 38.4. The number of esters is 1. The number of carboxylic acids is 2. The van der Waals surface area contributed by atoms with Gasteiger partial charge in [-0.25, -0.2) is 50.4 Å². The smallest absolute Gasteiger partial charge is 0.389 e. The van der Waals surface area contributed by atoms with Gasteiger partial charge in [-0.3, -0.25) is 30.3 Å². The number of aryl methyl sites for hydroxylation is 2. The molecule has 3 aromatic carbocycles. The number of imide groups is 1. The number of nitrogens with one attached hydrogen (secondary N) is 5. The van der Waals surface area contributed by atoms with Gasteiger partial charge in [-0.05, 0) is 110 Å². The highest BCUT2D eigenvalue weighted by Gasteiger charge is 2.40. The number of sulfonamides is 2. The Kier molecular flexibility index (Phi) is 32.6. The average molecular weight is 1510 g/mol. The minimum atomic E-state index is -4.71. The molecule has 0 saturated carbocycles. The first-order valence-corrected chi connectivity index (χ1v) is 35.1. The van der Waals surface area contributed by atoms with Crippen LogP contribution in [0.25, 0.3) is 6.08 Å². The number of alkyl halides is 7. The number of carbonyl (C=O) groups is 7. The van der Waals surface area contributed by atoms with E-state index in [9.17, 15) is 90.6 Å². The van der Waals surface area contributed by atoms with Gasteiger partial charge >= 0.3 is 55.4 Å². The average Bonchev–Trinajstić information content (AvgIpc) is 1.60. The number of methoxy groups -OCH3 is 1. The van der Waals surface area contributed by atoms with Crippen LogP contribution in [0.1, 0.15) is 66.3 Å².